The van der Waals surface area contributed by atoms with Crippen LogP contribution >= 0.6 is 22.6 Å². The fraction of sp³-hybridized carbons (Fsp3) is 0.423. The van der Waals surface area contributed by atoms with Gasteiger partial charge in [-0.15, -0.1) is 0 Å². The van der Waals surface area contributed by atoms with Gasteiger partial charge in [-0.05, 0) is 100 Å². The first-order chi connectivity index (χ1) is 14.1. The number of rotatable bonds is 6. The van der Waals surface area contributed by atoms with E-state index in [2.05, 4.69) is 62.4 Å². The third-order valence-electron chi connectivity index (χ3n) is 5.97. The lowest BCUT2D eigenvalue weighted by Crippen LogP contribution is -2.34. The second-order valence-corrected chi connectivity index (χ2v) is 10.3. The lowest BCUT2D eigenvalue weighted by Gasteiger charge is -2.42. The lowest BCUT2D eigenvalue weighted by atomic mass is 9.63. The molecule has 0 bridgehead atoms. The molecule has 2 aromatic rings. The van der Waals surface area contributed by atoms with E-state index in [0.717, 1.165) is 14.9 Å². The Kier molecular flexibility index (Phi) is 6.95. The summed E-state index contributed by atoms with van der Waals surface area (Å²) in [6, 6.07) is 12.0. The molecule has 0 atom stereocenters. The van der Waals surface area contributed by atoms with E-state index >= 15 is 0 Å². The molecule has 0 saturated carbocycles. The van der Waals surface area contributed by atoms with E-state index in [1.807, 2.05) is 24.3 Å². The van der Waals surface area contributed by atoms with Gasteiger partial charge in [0.1, 0.15) is 12.4 Å². The molecule has 1 aliphatic rings. The van der Waals surface area contributed by atoms with Crippen molar-refractivity contribution in [3.63, 3.8) is 0 Å². The Morgan fingerprint density at radius 2 is 1.63 bits per heavy atom. The van der Waals surface area contributed by atoms with Crippen LogP contribution in [0.5, 0.6) is 5.75 Å². The number of hydrogen-bond donors (Lipinski definition) is 0. The smallest absolute Gasteiger partial charge is 0.338 e. The average molecular weight is 518 g/mol. The molecule has 3 rings (SSSR count). The predicted octanol–water partition coefficient (Wildman–Crippen LogP) is 6.91. The van der Waals surface area contributed by atoms with Crippen LogP contribution in [0.3, 0.4) is 0 Å². The SMILES string of the molecule is CCOC(=O)c1ccc(C=CCOc2cc3c(cc2I)C(C)(C)CCC3(C)C)cc1. The van der Waals surface area contributed by atoms with E-state index in [4.69, 9.17) is 9.47 Å². The van der Waals surface area contributed by atoms with Gasteiger partial charge in [-0.25, -0.2) is 4.79 Å². The minimum atomic E-state index is -0.288. The highest BCUT2D eigenvalue weighted by molar-refractivity contribution is 14.1. The van der Waals surface area contributed by atoms with Gasteiger partial charge in [-0.3, -0.25) is 0 Å². The summed E-state index contributed by atoms with van der Waals surface area (Å²) < 4.78 is 12.3. The van der Waals surface area contributed by atoms with Crippen molar-refractivity contribution >= 4 is 34.6 Å². The van der Waals surface area contributed by atoms with Crippen LogP contribution in [-0.4, -0.2) is 19.2 Å². The van der Waals surface area contributed by atoms with Gasteiger partial charge in [0.05, 0.1) is 15.7 Å². The second kappa shape index (κ2) is 9.13. The molecule has 0 heterocycles. The molecular weight excluding hydrogens is 487 g/mol. The Bertz CT molecular complexity index is 939. The topological polar surface area (TPSA) is 35.5 Å². The first kappa shape index (κ1) is 22.9. The van der Waals surface area contributed by atoms with E-state index in [1.54, 1.807) is 19.1 Å². The van der Waals surface area contributed by atoms with Crippen LogP contribution < -0.4 is 4.74 Å². The van der Waals surface area contributed by atoms with Crippen molar-refractivity contribution in [1.29, 1.82) is 0 Å². The van der Waals surface area contributed by atoms with Crippen molar-refractivity contribution in [3.8, 4) is 5.75 Å². The van der Waals surface area contributed by atoms with Crippen LogP contribution in [-0.2, 0) is 15.6 Å². The molecule has 0 amide bonds. The van der Waals surface area contributed by atoms with Gasteiger partial charge >= 0.3 is 5.97 Å². The maximum Gasteiger partial charge on any atom is 0.338 e. The minimum Gasteiger partial charge on any atom is -0.488 e. The molecular formula is C26H31IO3. The maximum absolute atomic E-state index is 11.7. The number of hydrogen-bond acceptors (Lipinski definition) is 3. The number of halogens is 1. The first-order valence-electron chi connectivity index (χ1n) is 10.5. The second-order valence-electron chi connectivity index (χ2n) is 9.15. The van der Waals surface area contributed by atoms with Crippen LogP contribution in [0, 0.1) is 3.57 Å². The molecule has 1 aliphatic carbocycles. The van der Waals surface area contributed by atoms with Crippen LogP contribution in [0.25, 0.3) is 6.08 Å². The maximum atomic E-state index is 11.7. The first-order valence-corrected chi connectivity index (χ1v) is 11.6. The van der Waals surface area contributed by atoms with Crippen molar-refractivity contribution < 1.29 is 14.3 Å². The Hall–Kier alpha value is -1.82. The number of benzene rings is 2. The Labute approximate surface area is 194 Å². The summed E-state index contributed by atoms with van der Waals surface area (Å²) in [7, 11) is 0. The van der Waals surface area contributed by atoms with Crippen LogP contribution in [0.1, 0.15) is 74.5 Å². The standard InChI is InChI=1S/C26H31IO3/c1-6-29-24(28)19-11-9-18(10-12-19)8-7-15-30-23-17-21-20(16-22(23)27)25(2,3)13-14-26(21,4)5/h7-12,16-17H,6,13-15H2,1-5H3. The zero-order chi connectivity index (χ0) is 21.9. The van der Waals surface area contributed by atoms with Crippen molar-refractivity contribution in [1.82, 2.24) is 0 Å². The summed E-state index contributed by atoms with van der Waals surface area (Å²) >= 11 is 2.38. The number of carbonyl (C=O) groups is 1. The zero-order valence-corrected chi connectivity index (χ0v) is 20.7. The van der Waals surface area contributed by atoms with Gasteiger partial charge in [0.15, 0.2) is 0 Å². The van der Waals surface area contributed by atoms with Gasteiger partial charge < -0.3 is 9.47 Å². The number of fused-ring (bicyclic) bond motifs is 1. The highest BCUT2D eigenvalue weighted by Crippen LogP contribution is 2.47. The molecule has 0 unspecified atom stereocenters. The third-order valence-corrected chi connectivity index (χ3v) is 6.82. The van der Waals surface area contributed by atoms with Crippen LogP contribution in [0.2, 0.25) is 0 Å². The summed E-state index contributed by atoms with van der Waals surface area (Å²) in [6.07, 6.45) is 6.41. The Balaban J connectivity index is 1.69. The summed E-state index contributed by atoms with van der Waals surface area (Å²) in [6.45, 7) is 12.0. The fourth-order valence-corrected chi connectivity index (χ4v) is 4.57. The lowest BCUT2D eigenvalue weighted by molar-refractivity contribution is 0.0526. The van der Waals surface area contributed by atoms with Gasteiger partial charge in [0, 0.05) is 0 Å². The molecule has 160 valence electrons. The monoisotopic (exact) mass is 518 g/mol. The van der Waals surface area contributed by atoms with Gasteiger partial charge in [-0.1, -0.05) is 45.9 Å². The quantitative estimate of drug-likeness (QED) is 0.308. The average Bonchev–Trinajstić information content (AvgIpc) is 2.70. The van der Waals surface area contributed by atoms with E-state index in [1.165, 1.54) is 24.0 Å². The third kappa shape index (κ3) is 5.08. The van der Waals surface area contributed by atoms with Gasteiger partial charge in [-0.2, -0.15) is 0 Å². The number of carbonyl (C=O) groups excluding carboxylic acids is 1. The summed E-state index contributed by atoms with van der Waals surface area (Å²) in [5.41, 5.74) is 4.83. The van der Waals surface area contributed by atoms with Gasteiger partial charge in [0.2, 0.25) is 0 Å². The highest BCUT2D eigenvalue weighted by atomic mass is 127. The summed E-state index contributed by atoms with van der Waals surface area (Å²) in [4.78, 5) is 11.7. The molecule has 0 saturated heterocycles. The van der Waals surface area contributed by atoms with E-state index in [0.29, 0.717) is 18.8 Å². The molecule has 0 spiro atoms. The molecule has 3 nitrogen and oxygen atoms in total. The largest absolute Gasteiger partial charge is 0.488 e. The predicted molar refractivity (Wildman–Crippen MR) is 131 cm³/mol. The molecule has 30 heavy (non-hydrogen) atoms. The van der Waals surface area contributed by atoms with Crippen molar-refractivity contribution in [2.24, 2.45) is 0 Å². The molecule has 0 N–H and O–H groups in total. The fourth-order valence-electron chi connectivity index (χ4n) is 3.95. The summed E-state index contributed by atoms with van der Waals surface area (Å²) in [5.74, 6) is 0.659. The number of esters is 1. The zero-order valence-electron chi connectivity index (χ0n) is 18.5. The van der Waals surface area contributed by atoms with Gasteiger partial charge in [0.25, 0.3) is 0 Å². The normalized spacial score (nSPS) is 16.9. The molecule has 0 aliphatic heterocycles. The van der Waals surface area contributed by atoms with Crippen molar-refractivity contribution in [3.05, 3.63) is 68.3 Å². The van der Waals surface area contributed by atoms with Crippen LogP contribution in [0.4, 0.5) is 0 Å². The van der Waals surface area contributed by atoms with Crippen molar-refractivity contribution in [2.75, 3.05) is 13.2 Å². The molecule has 0 radical (unpaired) electrons. The molecule has 0 aromatic heterocycles. The molecule has 2 aromatic carbocycles. The Morgan fingerprint density at radius 1 is 1.03 bits per heavy atom. The number of ether oxygens (including phenoxy) is 2. The van der Waals surface area contributed by atoms with E-state index < -0.39 is 0 Å². The minimum absolute atomic E-state index is 0.170. The van der Waals surface area contributed by atoms with Crippen molar-refractivity contribution in [2.45, 2.75) is 58.3 Å². The van der Waals surface area contributed by atoms with E-state index in [-0.39, 0.29) is 16.8 Å². The van der Waals surface area contributed by atoms with E-state index in [9.17, 15) is 4.79 Å². The Morgan fingerprint density at radius 3 is 2.23 bits per heavy atom. The summed E-state index contributed by atoms with van der Waals surface area (Å²) in [5, 5.41) is 0. The van der Waals surface area contributed by atoms with Crippen LogP contribution in [0.15, 0.2) is 42.5 Å². The molecule has 0 fully saturated rings. The molecule has 4 heteroatoms. The highest BCUT2D eigenvalue weighted by Gasteiger charge is 2.37.